The van der Waals surface area contributed by atoms with E-state index in [1.54, 1.807) is 0 Å². The zero-order valence-electron chi connectivity index (χ0n) is 13.7. The lowest BCUT2D eigenvalue weighted by Crippen LogP contribution is -2.40. The summed E-state index contributed by atoms with van der Waals surface area (Å²) in [6, 6.07) is 8.85. The Morgan fingerprint density at radius 2 is 2.05 bits per heavy atom. The molecule has 1 amide bonds. The van der Waals surface area contributed by atoms with Crippen molar-refractivity contribution in [3.8, 4) is 0 Å². The van der Waals surface area contributed by atoms with E-state index in [1.807, 2.05) is 0 Å². The summed E-state index contributed by atoms with van der Waals surface area (Å²) in [6.45, 7) is 7.09. The summed E-state index contributed by atoms with van der Waals surface area (Å²) in [7, 11) is 0. The smallest absolute Gasteiger partial charge is 0.224 e. The van der Waals surface area contributed by atoms with Gasteiger partial charge in [0.2, 0.25) is 5.91 Å². The maximum Gasteiger partial charge on any atom is 0.224 e. The standard InChI is InChI=1S/C18H28N2O.ClH/c1-14(2)16-9-7-15(8-10-16)5-3-12-20-18(21)17-6-4-11-19-13-17;/h7-10,14,17,19H,3-6,11-13H2,1-2H3,(H,20,21);1H. The van der Waals surface area contributed by atoms with Crippen LogP contribution in [0.5, 0.6) is 0 Å². The number of piperidine rings is 1. The highest BCUT2D eigenvalue weighted by atomic mass is 35.5. The quantitative estimate of drug-likeness (QED) is 0.788. The number of benzene rings is 1. The molecule has 1 heterocycles. The van der Waals surface area contributed by atoms with Gasteiger partial charge in [-0.05, 0) is 49.3 Å². The minimum atomic E-state index is 0. The fraction of sp³-hybridized carbons (Fsp3) is 0.611. The summed E-state index contributed by atoms with van der Waals surface area (Å²) in [5, 5.41) is 6.36. The Bertz CT molecular complexity index is 439. The van der Waals surface area contributed by atoms with Crippen LogP contribution in [-0.2, 0) is 11.2 Å². The van der Waals surface area contributed by atoms with E-state index in [0.717, 1.165) is 45.3 Å². The molecule has 0 spiro atoms. The number of carbonyl (C=O) groups excluding carboxylic acids is 1. The lowest BCUT2D eigenvalue weighted by molar-refractivity contribution is -0.125. The van der Waals surface area contributed by atoms with Crippen LogP contribution in [0.1, 0.15) is 50.2 Å². The topological polar surface area (TPSA) is 41.1 Å². The predicted molar refractivity (Wildman–Crippen MR) is 94.7 cm³/mol. The van der Waals surface area contributed by atoms with E-state index >= 15 is 0 Å². The van der Waals surface area contributed by atoms with Crippen molar-refractivity contribution in [2.45, 2.75) is 45.4 Å². The monoisotopic (exact) mass is 324 g/mol. The van der Waals surface area contributed by atoms with Crippen molar-refractivity contribution in [2.24, 2.45) is 5.92 Å². The molecule has 1 unspecified atom stereocenters. The van der Waals surface area contributed by atoms with Gasteiger partial charge in [0.05, 0.1) is 5.92 Å². The summed E-state index contributed by atoms with van der Waals surface area (Å²) in [4.78, 5) is 12.0. The number of nitrogens with one attached hydrogen (secondary N) is 2. The van der Waals surface area contributed by atoms with Crippen LogP contribution < -0.4 is 10.6 Å². The van der Waals surface area contributed by atoms with Crippen LogP contribution in [0.2, 0.25) is 0 Å². The first-order valence-corrected chi connectivity index (χ1v) is 8.24. The number of hydrogen-bond donors (Lipinski definition) is 2. The lowest BCUT2D eigenvalue weighted by Gasteiger charge is -2.21. The molecule has 3 nitrogen and oxygen atoms in total. The molecule has 1 saturated heterocycles. The van der Waals surface area contributed by atoms with Crippen LogP contribution in [0.3, 0.4) is 0 Å². The Balaban J connectivity index is 0.00000242. The largest absolute Gasteiger partial charge is 0.356 e. The van der Waals surface area contributed by atoms with Crippen molar-refractivity contribution in [1.82, 2.24) is 10.6 Å². The third kappa shape index (κ3) is 5.98. The van der Waals surface area contributed by atoms with E-state index in [4.69, 9.17) is 0 Å². The Morgan fingerprint density at radius 1 is 1.32 bits per heavy atom. The molecule has 1 atom stereocenters. The van der Waals surface area contributed by atoms with Crippen molar-refractivity contribution in [2.75, 3.05) is 19.6 Å². The van der Waals surface area contributed by atoms with Crippen LogP contribution >= 0.6 is 12.4 Å². The molecule has 0 bridgehead atoms. The molecule has 1 aromatic rings. The zero-order valence-corrected chi connectivity index (χ0v) is 14.5. The van der Waals surface area contributed by atoms with E-state index < -0.39 is 0 Å². The molecule has 22 heavy (non-hydrogen) atoms. The highest BCUT2D eigenvalue weighted by Gasteiger charge is 2.19. The van der Waals surface area contributed by atoms with Gasteiger partial charge in [-0.1, -0.05) is 38.1 Å². The average molecular weight is 325 g/mol. The van der Waals surface area contributed by atoms with Crippen LogP contribution in [0.15, 0.2) is 24.3 Å². The normalized spacial score (nSPS) is 17.9. The Morgan fingerprint density at radius 3 is 2.64 bits per heavy atom. The van der Waals surface area contributed by atoms with Crippen molar-refractivity contribution in [1.29, 1.82) is 0 Å². The molecular weight excluding hydrogens is 296 g/mol. The maximum absolute atomic E-state index is 12.0. The summed E-state index contributed by atoms with van der Waals surface area (Å²) in [6.07, 6.45) is 4.17. The molecule has 0 aliphatic carbocycles. The van der Waals surface area contributed by atoms with Crippen molar-refractivity contribution >= 4 is 18.3 Å². The first kappa shape index (κ1) is 19.0. The highest BCUT2D eigenvalue weighted by molar-refractivity contribution is 5.85. The molecular formula is C18H29ClN2O. The molecule has 0 radical (unpaired) electrons. The molecule has 1 fully saturated rings. The van der Waals surface area contributed by atoms with E-state index in [9.17, 15) is 4.79 Å². The molecule has 2 rings (SSSR count). The number of aryl methyl sites for hydroxylation is 1. The van der Waals surface area contributed by atoms with Gasteiger partial charge in [-0.2, -0.15) is 0 Å². The number of halogens is 1. The van der Waals surface area contributed by atoms with Crippen molar-refractivity contribution in [3.05, 3.63) is 35.4 Å². The predicted octanol–water partition coefficient (Wildman–Crippen LogP) is 3.28. The van der Waals surface area contributed by atoms with Crippen molar-refractivity contribution < 1.29 is 4.79 Å². The minimum absolute atomic E-state index is 0. The van der Waals surface area contributed by atoms with Gasteiger partial charge in [0.1, 0.15) is 0 Å². The van der Waals surface area contributed by atoms with E-state index in [-0.39, 0.29) is 24.2 Å². The lowest BCUT2D eigenvalue weighted by atomic mass is 9.98. The number of carbonyl (C=O) groups is 1. The highest BCUT2D eigenvalue weighted by Crippen LogP contribution is 2.15. The minimum Gasteiger partial charge on any atom is -0.356 e. The molecule has 1 aromatic carbocycles. The molecule has 124 valence electrons. The molecule has 1 aliphatic rings. The van der Waals surface area contributed by atoms with Crippen molar-refractivity contribution in [3.63, 3.8) is 0 Å². The van der Waals surface area contributed by atoms with Gasteiger partial charge in [0.25, 0.3) is 0 Å². The van der Waals surface area contributed by atoms with Crippen LogP contribution in [0, 0.1) is 5.92 Å². The van der Waals surface area contributed by atoms with Crippen LogP contribution in [-0.4, -0.2) is 25.5 Å². The molecule has 2 N–H and O–H groups in total. The Kier molecular flexibility index (Phi) is 8.51. The Hall–Kier alpha value is -1.06. The second-order valence-corrected chi connectivity index (χ2v) is 6.33. The van der Waals surface area contributed by atoms with Gasteiger partial charge in [-0.15, -0.1) is 12.4 Å². The summed E-state index contributed by atoms with van der Waals surface area (Å²) < 4.78 is 0. The number of amides is 1. The second-order valence-electron chi connectivity index (χ2n) is 6.33. The van der Waals surface area contributed by atoms with Gasteiger partial charge in [0.15, 0.2) is 0 Å². The van der Waals surface area contributed by atoms with Gasteiger partial charge >= 0.3 is 0 Å². The molecule has 0 aromatic heterocycles. The SMILES string of the molecule is CC(C)c1ccc(CCCNC(=O)C2CCCNC2)cc1.Cl. The third-order valence-corrected chi connectivity index (χ3v) is 4.26. The molecule has 0 saturated carbocycles. The van der Waals surface area contributed by atoms with E-state index in [0.29, 0.717) is 5.92 Å². The van der Waals surface area contributed by atoms with Gasteiger partial charge < -0.3 is 10.6 Å². The summed E-state index contributed by atoms with van der Waals surface area (Å²) >= 11 is 0. The van der Waals surface area contributed by atoms with E-state index in [2.05, 4.69) is 48.7 Å². The van der Waals surface area contributed by atoms with Gasteiger partial charge in [0, 0.05) is 13.1 Å². The third-order valence-electron chi connectivity index (χ3n) is 4.26. The summed E-state index contributed by atoms with van der Waals surface area (Å²) in [5.74, 6) is 0.976. The second kappa shape index (κ2) is 9.86. The number of hydrogen-bond acceptors (Lipinski definition) is 2. The molecule has 4 heteroatoms. The maximum atomic E-state index is 12.0. The first-order chi connectivity index (χ1) is 10.2. The van der Waals surface area contributed by atoms with Crippen LogP contribution in [0.4, 0.5) is 0 Å². The fourth-order valence-electron chi connectivity index (χ4n) is 2.79. The van der Waals surface area contributed by atoms with Gasteiger partial charge in [-0.3, -0.25) is 4.79 Å². The first-order valence-electron chi connectivity index (χ1n) is 8.24. The average Bonchev–Trinajstić information content (AvgIpc) is 2.52. The zero-order chi connectivity index (χ0) is 15.1. The Labute approximate surface area is 140 Å². The van der Waals surface area contributed by atoms with Gasteiger partial charge in [-0.25, -0.2) is 0 Å². The van der Waals surface area contributed by atoms with E-state index in [1.165, 1.54) is 11.1 Å². The number of rotatable bonds is 6. The fourth-order valence-corrected chi connectivity index (χ4v) is 2.79. The molecule has 1 aliphatic heterocycles. The summed E-state index contributed by atoms with van der Waals surface area (Å²) in [5.41, 5.74) is 2.74. The van der Waals surface area contributed by atoms with Crippen LogP contribution in [0.25, 0.3) is 0 Å².